The minimum atomic E-state index is -0.867. The van der Waals surface area contributed by atoms with Crippen molar-refractivity contribution in [2.45, 2.75) is 45.6 Å². The van der Waals surface area contributed by atoms with Gasteiger partial charge in [0.05, 0.1) is 7.11 Å². The molecule has 0 radical (unpaired) electrons. The predicted molar refractivity (Wildman–Crippen MR) is 115 cm³/mol. The molecular weight excluding hydrogens is 368 g/mol. The van der Waals surface area contributed by atoms with Crippen LogP contribution in [-0.2, 0) is 20.7 Å². The van der Waals surface area contributed by atoms with Gasteiger partial charge in [-0.1, -0.05) is 37.6 Å². The van der Waals surface area contributed by atoms with Crippen molar-refractivity contribution in [3.05, 3.63) is 59.7 Å². The number of amides is 2. The molecule has 2 N–H and O–H groups in total. The summed E-state index contributed by atoms with van der Waals surface area (Å²) in [5.74, 6) is -0.157. The first-order chi connectivity index (χ1) is 13.8. The Labute approximate surface area is 172 Å². The van der Waals surface area contributed by atoms with Crippen LogP contribution in [0.4, 0.5) is 16.2 Å². The molecule has 156 valence electrons. The van der Waals surface area contributed by atoms with Crippen molar-refractivity contribution in [1.29, 1.82) is 0 Å². The highest BCUT2D eigenvalue weighted by molar-refractivity contribution is 5.96. The summed E-state index contributed by atoms with van der Waals surface area (Å²) in [7, 11) is 1.33. The maximum atomic E-state index is 12.5. The number of rotatable bonds is 9. The second-order valence-corrected chi connectivity index (χ2v) is 7.35. The van der Waals surface area contributed by atoms with Crippen molar-refractivity contribution in [2.75, 3.05) is 24.4 Å². The molecule has 2 aromatic rings. The molecule has 0 spiro atoms. The van der Waals surface area contributed by atoms with Gasteiger partial charge in [-0.2, -0.15) is 0 Å². The topological polar surface area (TPSA) is 76.7 Å². The van der Waals surface area contributed by atoms with Crippen molar-refractivity contribution < 1.29 is 19.1 Å². The van der Waals surface area contributed by atoms with Gasteiger partial charge in [0.15, 0.2) is 0 Å². The predicted octanol–water partition coefficient (Wildman–Crippen LogP) is 4.99. The fourth-order valence-electron chi connectivity index (χ4n) is 2.64. The van der Waals surface area contributed by atoms with Gasteiger partial charge in [0.25, 0.3) is 5.91 Å². The second kappa shape index (κ2) is 10.6. The van der Waals surface area contributed by atoms with Gasteiger partial charge in [-0.15, -0.1) is 0 Å². The van der Waals surface area contributed by atoms with E-state index in [1.54, 1.807) is 13.8 Å². The lowest BCUT2D eigenvalue weighted by molar-refractivity contribution is -0.137. The van der Waals surface area contributed by atoms with Crippen LogP contribution in [0.5, 0.6) is 0 Å². The van der Waals surface area contributed by atoms with E-state index in [-0.39, 0.29) is 5.91 Å². The highest BCUT2D eigenvalue weighted by Crippen LogP contribution is 2.18. The zero-order valence-corrected chi connectivity index (χ0v) is 17.6. The molecule has 29 heavy (non-hydrogen) atoms. The van der Waals surface area contributed by atoms with E-state index in [1.807, 2.05) is 48.5 Å². The Bertz CT molecular complexity index is 799. The van der Waals surface area contributed by atoms with Gasteiger partial charge < -0.3 is 14.8 Å². The average molecular weight is 399 g/mol. The van der Waals surface area contributed by atoms with Crippen LogP contribution in [0.15, 0.2) is 48.5 Å². The largest absolute Gasteiger partial charge is 0.453 e. The number of hydrogen-bond acceptors (Lipinski definition) is 4. The molecule has 0 unspecified atom stereocenters. The molecule has 0 bridgehead atoms. The molecule has 0 aliphatic rings. The van der Waals surface area contributed by atoms with E-state index in [0.717, 1.165) is 36.1 Å². The summed E-state index contributed by atoms with van der Waals surface area (Å²) in [5.41, 5.74) is 2.79. The average Bonchev–Trinajstić information content (AvgIpc) is 2.71. The van der Waals surface area contributed by atoms with Gasteiger partial charge in [0.2, 0.25) is 0 Å². The Morgan fingerprint density at radius 2 is 1.41 bits per heavy atom. The van der Waals surface area contributed by atoms with E-state index in [0.29, 0.717) is 12.3 Å². The highest BCUT2D eigenvalue weighted by atomic mass is 16.5. The SMILES string of the molecule is CCCCOC(C)(C)C(=O)Nc1ccc(Cc2ccc(NC(=O)OC)cc2)cc1. The molecule has 0 heterocycles. The van der Waals surface area contributed by atoms with Crippen LogP contribution in [0, 0.1) is 0 Å². The van der Waals surface area contributed by atoms with E-state index in [1.165, 1.54) is 7.11 Å². The standard InChI is InChI=1S/C23H30N2O4/c1-5-6-15-29-23(2,3)21(26)24-19-11-7-17(8-12-19)16-18-9-13-20(14-10-18)25-22(27)28-4/h7-14H,5-6,15-16H2,1-4H3,(H,24,26)(H,25,27). The van der Waals surface area contributed by atoms with Crippen LogP contribution in [0.25, 0.3) is 0 Å². The minimum Gasteiger partial charge on any atom is -0.453 e. The third-order valence-corrected chi connectivity index (χ3v) is 4.51. The third-order valence-electron chi connectivity index (χ3n) is 4.51. The Balaban J connectivity index is 1.91. The lowest BCUT2D eigenvalue weighted by Gasteiger charge is -2.24. The van der Waals surface area contributed by atoms with Gasteiger partial charge in [0, 0.05) is 18.0 Å². The van der Waals surface area contributed by atoms with Gasteiger partial charge in [0.1, 0.15) is 5.60 Å². The van der Waals surface area contributed by atoms with Crippen molar-refractivity contribution >= 4 is 23.4 Å². The summed E-state index contributed by atoms with van der Waals surface area (Å²) < 4.78 is 10.3. The second-order valence-electron chi connectivity index (χ2n) is 7.35. The Kier molecular flexibility index (Phi) is 8.21. The van der Waals surface area contributed by atoms with Crippen LogP contribution in [0.1, 0.15) is 44.7 Å². The molecule has 0 fully saturated rings. The van der Waals surface area contributed by atoms with E-state index in [9.17, 15) is 9.59 Å². The van der Waals surface area contributed by atoms with E-state index in [2.05, 4.69) is 22.3 Å². The van der Waals surface area contributed by atoms with Gasteiger partial charge in [-0.3, -0.25) is 10.1 Å². The first kappa shape index (κ1) is 22.4. The van der Waals surface area contributed by atoms with Crippen molar-refractivity contribution in [3.8, 4) is 0 Å². The third kappa shape index (κ3) is 7.23. The Morgan fingerprint density at radius 1 is 0.897 bits per heavy atom. The van der Waals surface area contributed by atoms with Crippen molar-refractivity contribution in [1.82, 2.24) is 0 Å². The number of carbonyl (C=O) groups excluding carboxylic acids is 2. The highest BCUT2D eigenvalue weighted by Gasteiger charge is 2.28. The van der Waals surface area contributed by atoms with E-state index in [4.69, 9.17) is 4.74 Å². The van der Waals surface area contributed by atoms with Crippen LogP contribution >= 0.6 is 0 Å². The molecule has 2 rings (SSSR count). The molecule has 0 aromatic heterocycles. The lowest BCUT2D eigenvalue weighted by Crippen LogP contribution is -2.40. The van der Waals surface area contributed by atoms with Crippen molar-refractivity contribution in [3.63, 3.8) is 0 Å². The van der Waals surface area contributed by atoms with E-state index < -0.39 is 11.7 Å². The fourth-order valence-corrected chi connectivity index (χ4v) is 2.64. The summed E-state index contributed by atoms with van der Waals surface area (Å²) in [4.78, 5) is 23.7. The zero-order valence-electron chi connectivity index (χ0n) is 17.6. The Hall–Kier alpha value is -2.86. The molecule has 0 aliphatic carbocycles. The van der Waals surface area contributed by atoms with Crippen molar-refractivity contribution in [2.24, 2.45) is 0 Å². The van der Waals surface area contributed by atoms with Crippen LogP contribution in [-0.4, -0.2) is 31.3 Å². The number of hydrogen-bond donors (Lipinski definition) is 2. The number of carbonyl (C=O) groups is 2. The summed E-state index contributed by atoms with van der Waals surface area (Å²) in [5, 5.41) is 5.54. The number of ether oxygens (including phenoxy) is 2. The molecule has 0 atom stereocenters. The summed E-state index contributed by atoms with van der Waals surface area (Å²) in [6.45, 7) is 6.23. The van der Waals surface area contributed by atoms with E-state index >= 15 is 0 Å². The molecule has 2 aromatic carbocycles. The monoisotopic (exact) mass is 398 g/mol. The lowest BCUT2D eigenvalue weighted by atomic mass is 10.0. The van der Waals surface area contributed by atoms with Gasteiger partial charge in [-0.25, -0.2) is 4.79 Å². The summed E-state index contributed by atoms with van der Waals surface area (Å²) >= 11 is 0. The number of anilines is 2. The molecular formula is C23H30N2O4. The molecule has 2 amide bonds. The fraction of sp³-hybridized carbons (Fsp3) is 0.391. The maximum absolute atomic E-state index is 12.5. The molecule has 0 saturated heterocycles. The maximum Gasteiger partial charge on any atom is 0.411 e. The summed E-state index contributed by atoms with van der Waals surface area (Å²) in [6.07, 6.45) is 2.22. The van der Waals surface area contributed by atoms with Crippen LogP contribution in [0.2, 0.25) is 0 Å². The molecule has 6 nitrogen and oxygen atoms in total. The first-order valence-corrected chi connectivity index (χ1v) is 9.82. The van der Waals surface area contributed by atoms with Gasteiger partial charge in [-0.05, 0) is 62.1 Å². The zero-order chi connectivity index (χ0) is 21.3. The summed E-state index contributed by atoms with van der Waals surface area (Å²) in [6, 6.07) is 15.3. The minimum absolute atomic E-state index is 0.157. The normalized spacial score (nSPS) is 11.0. The quantitative estimate of drug-likeness (QED) is 0.584. The first-order valence-electron chi connectivity index (χ1n) is 9.82. The smallest absolute Gasteiger partial charge is 0.411 e. The Morgan fingerprint density at radius 3 is 1.90 bits per heavy atom. The molecule has 0 aliphatic heterocycles. The number of unbranched alkanes of at least 4 members (excludes halogenated alkanes) is 1. The number of nitrogens with one attached hydrogen (secondary N) is 2. The molecule has 6 heteroatoms. The number of benzene rings is 2. The number of methoxy groups -OCH3 is 1. The van der Waals surface area contributed by atoms with Crippen LogP contribution < -0.4 is 10.6 Å². The molecule has 0 saturated carbocycles. The van der Waals surface area contributed by atoms with Gasteiger partial charge >= 0.3 is 6.09 Å². The van der Waals surface area contributed by atoms with Crippen LogP contribution in [0.3, 0.4) is 0 Å².